The molecule has 2 bridgehead atoms. The minimum atomic E-state index is -1.08. The van der Waals surface area contributed by atoms with Crippen LogP contribution < -0.4 is 10.2 Å². The van der Waals surface area contributed by atoms with Gasteiger partial charge in [0.05, 0.1) is 0 Å². The lowest BCUT2D eigenvalue weighted by Gasteiger charge is -2.21. The number of hydrogen-bond acceptors (Lipinski definition) is 6. The molecule has 2 aliphatic rings. The Morgan fingerprint density at radius 2 is 2.00 bits per heavy atom. The molecular formula is C16H14BrN3O5. The van der Waals surface area contributed by atoms with Gasteiger partial charge in [-0.15, -0.1) is 0 Å². The van der Waals surface area contributed by atoms with Crippen LogP contribution in [0.1, 0.15) is 16.6 Å². The SMILES string of the molecule is O=C(N=c1ccn2c(n1)OC[C@H]1O[C@@H]2[C@H](O)[C@@H]1O)c1ccc(Br)cc1. The van der Waals surface area contributed by atoms with Crippen molar-refractivity contribution in [2.24, 2.45) is 4.99 Å². The maximum absolute atomic E-state index is 12.2. The van der Waals surface area contributed by atoms with Crippen molar-refractivity contribution in [3.05, 3.63) is 52.1 Å². The summed E-state index contributed by atoms with van der Waals surface area (Å²) in [6, 6.07) is 8.53. The number of aromatic nitrogens is 2. The van der Waals surface area contributed by atoms with Crippen molar-refractivity contribution in [1.82, 2.24) is 9.55 Å². The number of benzene rings is 1. The normalized spacial score (nSPS) is 28.2. The third-order valence-electron chi connectivity index (χ3n) is 4.11. The van der Waals surface area contributed by atoms with Crippen LogP contribution >= 0.6 is 15.9 Å². The number of fused-ring (bicyclic) bond motifs is 4. The smallest absolute Gasteiger partial charge is 0.300 e. The molecule has 9 heteroatoms. The highest BCUT2D eigenvalue weighted by molar-refractivity contribution is 9.10. The molecule has 2 aliphatic heterocycles. The Bertz CT molecular complexity index is 882. The van der Waals surface area contributed by atoms with Gasteiger partial charge in [-0.05, 0) is 30.3 Å². The van der Waals surface area contributed by atoms with Gasteiger partial charge in [0.1, 0.15) is 24.9 Å². The number of hydrogen-bond donors (Lipinski definition) is 2. The lowest BCUT2D eigenvalue weighted by molar-refractivity contribution is -0.0317. The van der Waals surface area contributed by atoms with Gasteiger partial charge in [-0.2, -0.15) is 9.98 Å². The van der Waals surface area contributed by atoms with Crippen molar-refractivity contribution in [2.75, 3.05) is 6.61 Å². The maximum Gasteiger partial charge on any atom is 0.300 e. The number of carbonyl (C=O) groups excluding carboxylic acids is 1. The molecule has 1 fully saturated rings. The second-order valence-electron chi connectivity index (χ2n) is 5.76. The van der Waals surface area contributed by atoms with Crippen molar-refractivity contribution < 1.29 is 24.5 Å². The molecule has 0 radical (unpaired) electrons. The highest BCUT2D eigenvalue weighted by Crippen LogP contribution is 2.34. The van der Waals surface area contributed by atoms with Crippen LogP contribution in [0, 0.1) is 0 Å². The van der Waals surface area contributed by atoms with Crippen LogP contribution in [0.4, 0.5) is 0 Å². The minimum Gasteiger partial charge on any atom is -0.462 e. The number of aliphatic hydroxyl groups is 2. The van der Waals surface area contributed by atoms with Gasteiger partial charge < -0.3 is 19.7 Å². The van der Waals surface area contributed by atoms with Crippen LogP contribution in [-0.2, 0) is 4.74 Å². The van der Waals surface area contributed by atoms with Crippen LogP contribution in [0.25, 0.3) is 0 Å². The lowest BCUT2D eigenvalue weighted by atomic mass is 10.1. The van der Waals surface area contributed by atoms with Gasteiger partial charge in [0.2, 0.25) is 0 Å². The van der Waals surface area contributed by atoms with Crippen molar-refractivity contribution in [3.63, 3.8) is 0 Å². The number of ether oxygens (including phenoxy) is 2. The molecule has 25 heavy (non-hydrogen) atoms. The summed E-state index contributed by atoms with van der Waals surface area (Å²) in [5.41, 5.74) is 0.626. The zero-order chi connectivity index (χ0) is 17.6. The molecule has 130 valence electrons. The highest BCUT2D eigenvalue weighted by atomic mass is 79.9. The Kier molecular flexibility index (Phi) is 4.16. The molecule has 1 amide bonds. The lowest BCUT2D eigenvalue weighted by Crippen LogP contribution is -2.37. The summed E-state index contributed by atoms with van der Waals surface area (Å²) in [6.07, 6.45) is -1.96. The van der Waals surface area contributed by atoms with E-state index in [4.69, 9.17) is 9.47 Å². The second kappa shape index (κ2) is 6.34. The van der Waals surface area contributed by atoms with Gasteiger partial charge in [-0.1, -0.05) is 15.9 Å². The molecule has 2 aromatic rings. The van der Waals surface area contributed by atoms with E-state index in [1.54, 1.807) is 30.5 Å². The molecule has 8 nitrogen and oxygen atoms in total. The van der Waals surface area contributed by atoms with Crippen LogP contribution in [0.2, 0.25) is 0 Å². The van der Waals surface area contributed by atoms with Crippen molar-refractivity contribution in [3.8, 4) is 6.01 Å². The minimum absolute atomic E-state index is 0.0475. The number of carbonyl (C=O) groups is 1. The van der Waals surface area contributed by atoms with Crippen LogP contribution in [0.15, 0.2) is 46.0 Å². The summed E-state index contributed by atoms with van der Waals surface area (Å²) >= 11 is 3.31. The number of nitrogens with zero attached hydrogens (tertiary/aromatic N) is 3. The van der Waals surface area contributed by atoms with Crippen molar-refractivity contribution >= 4 is 21.8 Å². The van der Waals surface area contributed by atoms with Crippen LogP contribution in [-0.4, -0.2) is 50.6 Å². The molecule has 0 unspecified atom stereocenters. The van der Waals surface area contributed by atoms with E-state index in [2.05, 4.69) is 25.9 Å². The predicted octanol–water partition coefficient (Wildman–Crippen LogP) is 0.398. The molecule has 0 aliphatic carbocycles. The molecule has 4 rings (SSSR count). The molecule has 0 saturated carbocycles. The zero-order valence-electron chi connectivity index (χ0n) is 12.8. The van der Waals surface area contributed by atoms with Crippen LogP contribution in [0.3, 0.4) is 0 Å². The molecule has 1 aromatic carbocycles. The first kappa shape index (κ1) is 16.4. The van der Waals surface area contributed by atoms with E-state index in [9.17, 15) is 15.0 Å². The maximum atomic E-state index is 12.2. The quantitative estimate of drug-likeness (QED) is 0.708. The average molecular weight is 408 g/mol. The summed E-state index contributed by atoms with van der Waals surface area (Å²) in [5.74, 6) is -0.424. The summed E-state index contributed by atoms with van der Waals surface area (Å²) in [4.78, 5) is 20.4. The third-order valence-corrected chi connectivity index (χ3v) is 4.64. The molecule has 0 spiro atoms. The Morgan fingerprint density at radius 1 is 1.24 bits per heavy atom. The number of aliphatic hydroxyl groups excluding tert-OH is 2. The summed E-state index contributed by atoms with van der Waals surface area (Å²) < 4.78 is 13.4. The monoisotopic (exact) mass is 407 g/mol. The predicted molar refractivity (Wildman–Crippen MR) is 87.7 cm³/mol. The molecule has 2 N–H and O–H groups in total. The Hall–Kier alpha value is -2.07. The van der Waals surface area contributed by atoms with Crippen molar-refractivity contribution in [1.29, 1.82) is 0 Å². The van der Waals surface area contributed by atoms with Gasteiger partial charge in [0, 0.05) is 16.2 Å². The fourth-order valence-corrected chi connectivity index (χ4v) is 3.05. The van der Waals surface area contributed by atoms with E-state index in [-0.39, 0.29) is 18.1 Å². The fraction of sp³-hybridized carbons (Fsp3) is 0.312. The Balaban J connectivity index is 1.67. The molecule has 4 atom stereocenters. The van der Waals surface area contributed by atoms with Gasteiger partial charge in [-0.3, -0.25) is 9.36 Å². The van der Waals surface area contributed by atoms with E-state index >= 15 is 0 Å². The standard InChI is InChI=1S/C16H14BrN3O5/c17-9-3-1-8(2-4-9)14(23)18-11-5-6-20-15-13(22)12(21)10(25-15)7-24-16(20)19-11/h1-6,10,12-13,15,21-22H,7H2/t10-,12-,13-,15-/m1/s1. The molecular weight excluding hydrogens is 394 g/mol. The molecule has 3 heterocycles. The average Bonchev–Trinajstić information content (AvgIpc) is 2.79. The number of halogens is 1. The summed E-state index contributed by atoms with van der Waals surface area (Å²) in [5, 5.41) is 19.9. The Morgan fingerprint density at radius 3 is 2.76 bits per heavy atom. The third kappa shape index (κ3) is 2.99. The number of amides is 1. The van der Waals surface area contributed by atoms with E-state index in [0.717, 1.165) is 4.47 Å². The zero-order valence-corrected chi connectivity index (χ0v) is 14.4. The van der Waals surface area contributed by atoms with E-state index < -0.39 is 30.4 Å². The topological polar surface area (TPSA) is 106 Å². The van der Waals surface area contributed by atoms with Gasteiger partial charge >= 0.3 is 6.01 Å². The first-order valence-corrected chi connectivity index (χ1v) is 8.40. The number of rotatable bonds is 1. The second-order valence-corrected chi connectivity index (χ2v) is 6.67. The molecule has 1 saturated heterocycles. The van der Waals surface area contributed by atoms with E-state index in [0.29, 0.717) is 5.56 Å². The summed E-state index contributed by atoms with van der Waals surface area (Å²) in [7, 11) is 0. The first-order valence-electron chi connectivity index (χ1n) is 7.61. The first-order chi connectivity index (χ1) is 12.0. The van der Waals surface area contributed by atoms with E-state index in [1.165, 1.54) is 10.6 Å². The Labute approximate surface area is 150 Å². The van der Waals surface area contributed by atoms with Gasteiger partial charge in [0.25, 0.3) is 5.91 Å². The van der Waals surface area contributed by atoms with Gasteiger partial charge in [-0.25, -0.2) is 0 Å². The van der Waals surface area contributed by atoms with E-state index in [1.807, 2.05) is 0 Å². The van der Waals surface area contributed by atoms with Crippen LogP contribution in [0.5, 0.6) is 6.01 Å². The molecule has 1 aromatic heterocycles. The highest BCUT2D eigenvalue weighted by Gasteiger charge is 2.46. The van der Waals surface area contributed by atoms with Crippen molar-refractivity contribution in [2.45, 2.75) is 24.5 Å². The fourth-order valence-electron chi connectivity index (χ4n) is 2.78. The van der Waals surface area contributed by atoms with Gasteiger partial charge in [0.15, 0.2) is 11.7 Å². The summed E-state index contributed by atoms with van der Waals surface area (Å²) in [6.45, 7) is 0.0475. The largest absolute Gasteiger partial charge is 0.462 e.